The molecule has 1 aromatic heterocycles. The zero-order chi connectivity index (χ0) is 79.5. The average molecular weight is 1510 g/mol. The molecule has 0 spiro atoms. The van der Waals surface area contributed by atoms with Gasteiger partial charge in [0.2, 0.25) is 35.4 Å². The molecule has 0 radical (unpaired) electrons. The summed E-state index contributed by atoms with van der Waals surface area (Å²) in [6, 6.07) is -0.817. The molecule has 0 bridgehead atoms. The number of aliphatic carboxylic acids is 1. The second-order valence-corrected chi connectivity index (χ2v) is 27.2. The number of hydrogen-bond acceptors (Lipinski definition) is 21. The van der Waals surface area contributed by atoms with Gasteiger partial charge >= 0.3 is 5.97 Å². The Kier molecular flexibility index (Phi) is 48.8. The number of aliphatic hydroxyl groups excluding tert-OH is 1. The maximum atomic E-state index is 15.0. The zero-order valence-corrected chi connectivity index (χ0v) is 63.4. The van der Waals surface area contributed by atoms with Crippen LogP contribution in [0.2, 0.25) is 0 Å². The number of benzene rings is 1. The van der Waals surface area contributed by atoms with Crippen molar-refractivity contribution < 1.29 is 43.8 Å². The van der Waals surface area contributed by atoms with Crippen LogP contribution in [0.4, 0.5) is 0 Å². The highest BCUT2D eigenvalue weighted by Crippen LogP contribution is 2.20. The number of nitrogens with one attached hydrogen (secondary N) is 13. The summed E-state index contributed by atoms with van der Waals surface area (Å²) in [5.41, 5.74) is 69.5. The van der Waals surface area contributed by atoms with Crippen molar-refractivity contribution in [1.29, 1.82) is 0 Å². The van der Waals surface area contributed by atoms with Gasteiger partial charge in [-0.15, -0.1) is 0 Å². The van der Waals surface area contributed by atoms with Gasteiger partial charge in [0.05, 0.1) is 13.2 Å². The van der Waals surface area contributed by atoms with Crippen LogP contribution in [0, 0.1) is 11.8 Å². The highest BCUT2D eigenvalue weighted by atomic mass is 16.4. The lowest BCUT2D eigenvalue weighted by molar-refractivity contribution is -0.143. The number of aliphatic hydroxyl groups is 1. The zero-order valence-electron chi connectivity index (χ0n) is 63.4. The summed E-state index contributed by atoms with van der Waals surface area (Å²) < 4.78 is 0. The second-order valence-electron chi connectivity index (χ2n) is 27.2. The third-order valence-electron chi connectivity index (χ3n) is 17.5. The van der Waals surface area contributed by atoms with E-state index in [-0.39, 0.29) is 157 Å². The number of para-hydroxylation sites is 1. The molecule has 11 unspecified atom stereocenters. The number of guanidine groups is 5. The van der Waals surface area contributed by atoms with Gasteiger partial charge in [0.15, 0.2) is 29.8 Å². The topological polar surface area (TPSA) is 694 Å². The van der Waals surface area contributed by atoms with E-state index in [1.807, 2.05) is 18.2 Å². The molecule has 39 N–H and O–H groups in total. The molecule has 2 aromatic rings. The quantitative estimate of drug-likeness (QED) is 0.0166. The van der Waals surface area contributed by atoms with E-state index in [4.69, 9.17) is 68.8 Å². The van der Waals surface area contributed by atoms with Gasteiger partial charge in [-0.25, -0.2) is 4.79 Å². The second kappa shape index (κ2) is 55.5. The lowest BCUT2D eigenvalue weighted by Gasteiger charge is -2.28. The number of nitrogens with two attached hydrogens (primary N) is 12. The lowest BCUT2D eigenvalue weighted by Crippen LogP contribution is -2.60. The minimum absolute atomic E-state index is 0.00346. The number of aromatic amines is 1. The number of carboxylic acid groups (broad SMARTS) is 1. The fraction of sp³-hybridized carbons (Fsp3) is 0.706. The van der Waals surface area contributed by atoms with Gasteiger partial charge in [0.1, 0.15) is 36.3 Å². The number of carbonyl (C=O) groups excluding carboxylic acids is 6. The molecule has 1 aromatic carbocycles. The van der Waals surface area contributed by atoms with Crippen LogP contribution in [0.15, 0.2) is 55.4 Å². The molecule has 0 aliphatic rings. The van der Waals surface area contributed by atoms with Gasteiger partial charge in [-0.3, -0.25) is 53.7 Å². The van der Waals surface area contributed by atoms with E-state index < -0.39 is 77.7 Å². The van der Waals surface area contributed by atoms with Crippen molar-refractivity contribution in [2.45, 2.75) is 191 Å². The van der Waals surface area contributed by atoms with Crippen LogP contribution in [0.5, 0.6) is 0 Å². The smallest absolute Gasteiger partial charge is 0.326 e. The van der Waals surface area contributed by atoms with Crippen LogP contribution < -0.4 is 133 Å². The highest BCUT2D eigenvalue weighted by Gasteiger charge is 2.34. The minimum atomic E-state index is -1.45. The van der Waals surface area contributed by atoms with Crippen molar-refractivity contribution in [2.24, 2.45) is 106 Å². The summed E-state index contributed by atoms with van der Waals surface area (Å²) in [6.45, 7) is 13.6. The summed E-state index contributed by atoms with van der Waals surface area (Å²) >= 11 is 0. The van der Waals surface area contributed by atoms with Gasteiger partial charge < -0.3 is 148 Å². The van der Waals surface area contributed by atoms with E-state index >= 15 is 4.79 Å². The van der Waals surface area contributed by atoms with E-state index in [1.165, 1.54) is 0 Å². The number of carbonyl (C=O) groups is 7. The number of amides is 6. The van der Waals surface area contributed by atoms with Crippen molar-refractivity contribution in [3.05, 3.63) is 36.0 Å². The Hall–Kier alpha value is -8.96. The van der Waals surface area contributed by atoms with E-state index in [0.29, 0.717) is 89.6 Å². The molecule has 1 heterocycles. The van der Waals surface area contributed by atoms with Crippen molar-refractivity contribution in [3.63, 3.8) is 0 Å². The van der Waals surface area contributed by atoms with Crippen molar-refractivity contribution in [2.75, 3.05) is 105 Å². The molecule has 11 atom stereocenters. The third-order valence-corrected chi connectivity index (χ3v) is 17.5. The Balaban J connectivity index is 2.44. The first kappa shape index (κ1) is 94.1. The molecule has 107 heavy (non-hydrogen) atoms. The predicted molar refractivity (Wildman–Crippen MR) is 422 cm³/mol. The highest BCUT2D eigenvalue weighted by molar-refractivity contribution is 5.97. The largest absolute Gasteiger partial charge is 0.480 e. The predicted octanol–water partition coefficient (Wildman–Crippen LogP) is -6.84. The maximum absolute atomic E-state index is 15.0. The first-order valence-electron chi connectivity index (χ1n) is 37.3. The number of fused-ring (bicyclic) bond motifs is 1. The normalized spacial score (nSPS) is 14.4. The van der Waals surface area contributed by atoms with Gasteiger partial charge in [-0.05, 0) is 120 Å². The van der Waals surface area contributed by atoms with Crippen LogP contribution >= 0.6 is 0 Å². The van der Waals surface area contributed by atoms with E-state index in [1.54, 1.807) is 26.1 Å². The van der Waals surface area contributed by atoms with Crippen LogP contribution in [0.1, 0.15) is 130 Å². The molecule has 6 amide bonds. The fourth-order valence-corrected chi connectivity index (χ4v) is 11.5. The number of nitrogens with zero attached hydrogens (tertiary/aromatic N) is 5. The molecule has 0 aliphatic heterocycles. The molecule has 0 saturated heterocycles. The number of hydrogen-bond donors (Lipinski definition) is 27. The molecule has 608 valence electrons. The van der Waals surface area contributed by atoms with Gasteiger partial charge in [-0.1, -0.05) is 52.3 Å². The number of aromatic nitrogens is 1. The number of unbranched alkanes of at least 4 members (excludes halogenated alkanes) is 1. The van der Waals surface area contributed by atoms with E-state index in [2.05, 4.69) is 108 Å². The first-order chi connectivity index (χ1) is 51.1. The molecule has 39 nitrogen and oxygen atoms in total. The lowest BCUT2D eigenvalue weighted by atomic mass is 9.99. The molecular weight excluding hydrogens is 1380 g/mol. The van der Waals surface area contributed by atoms with Gasteiger partial charge in [-0.2, -0.15) is 0 Å². The fourth-order valence-electron chi connectivity index (χ4n) is 11.5. The maximum Gasteiger partial charge on any atom is 0.326 e. The Morgan fingerprint density at radius 2 is 0.916 bits per heavy atom. The first-order valence-corrected chi connectivity index (χ1v) is 37.3. The number of rotatable bonds is 62. The van der Waals surface area contributed by atoms with Gasteiger partial charge in [0.25, 0.3) is 0 Å². The van der Waals surface area contributed by atoms with E-state index in [9.17, 15) is 39.0 Å². The van der Waals surface area contributed by atoms with Crippen LogP contribution in [0.3, 0.4) is 0 Å². The van der Waals surface area contributed by atoms with Crippen LogP contribution in [0.25, 0.3) is 10.9 Å². The Bertz CT molecular complexity index is 3040. The summed E-state index contributed by atoms with van der Waals surface area (Å²) in [5.74, 6) is -6.09. The third kappa shape index (κ3) is 43.4. The molecular formula is C68H132N30O9. The Labute approximate surface area is 629 Å². The molecule has 0 saturated carbocycles. The van der Waals surface area contributed by atoms with Crippen LogP contribution in [-0.4, -0.2) is 252 Å². The number of carboxylic acids is 1. The average Bonchev–Trinajstić information content (AvgIpc) is 1.71. The van der Waals surface area contributed by atoms with Gasteiger partial charge in [0, 0.05) is 133 Å². The number of aliphatic imine (C=N–C) groups is 5. The molecule has 0 fully saturated rings. The molecule has 39 heteroatoms. The van der Waals surface area contributed by atoms with Crippen LogP contribution in [-0.2, 0) is 40.0 Å². The monoisotopic (exact) mass is 1510 g/mol. The summed E-state index contributed by atoms with van der Waals surface area (Å²) in [4.78, 5) is 123. The number of H-pyrrole nitrogens is 1. The minimum Gasteiger partial charge on any atom is -0.480 e. The SMILES string of the molecule is CCC(C)C(CNCCNC(CCCN=C(N)N)CNC(CCCN=C(N)N)CNCCNCC(=O)NC(CCCN=C(N)N)C(=O)NC(CCCN=C(N)N)C(=O)NC(Cc1c[nH]c2ccccc12)C(=O)NC(CCCN=C(N)N)C(=O)NC(CCCCN)C(=O)NC(CC(C)C)C(=O)O)NCC(N)CO. The summed E-state index contributed by atoms with van der Waals surface area (Å²) in [6.07, 6.45) is 6.88. The van der Waals surface area contributed by atoms with Crippen molar-refractivity contribution in [3.8, 4) is 0 Å². The van der Waals surface area contributed by atoms with E-state index in [0.717, 1.165) is 43.1 Å². The summed E-state index contributed by atoms with van der Waals surface area (Å²) in [5, 5.41) is 57.7. The molecule has 2 rings (SSSR count). The Morgan fingerprint density at radius 1 is 0.486 bits per heavy atom. The molecule has 0 aliphatic carbocycles. The van der Waals surface area contributed by atoms with Crippen molar-refractivity contribution in [1.82, 2.24) is 68.8 Å². The van der Waals surface area contributed by atoms with Crippen molar-refractivity contribution >= 4 is 82.1 Å². The standard InChI is InChI=1S/C68H132N30O9/c1-5-43(4)56(92-36-45(70)41-99)39-82-31-32-84-47(16-11-25-86-65(73)74)38-90-46(15-10-24-85-64(71)72)37-81-29-30-83-40-57(100)93-50(20-12-26-87-66(75)76)58(101)95-53(22-14-28-89-68(79)80)60(103)97-54(34-44-35-91-49-18-7-6-17-48(44)49)62(105)96-52(21-13-27-88-67(77)78)59(102)94-51(19-8-9-23-69)61(104)98-55(63(106)107)33-42(2)3/h6-7,17-18,35,42-43,45-47,50-56,81-84,90-92,99H,5,8-16,19-34,36-41,69-70H2,1-4H3,(H,93,100)(H,94,102)(H,95,101)(H,96,105)(H,97,103)(H,98,104)(H,106,107)(H4,71,72,85)(H4,73,74,86)(H4,75,76,87)(H4,77,78,88)(H4,79,80,89). The summed E-state index contributed by atoms with van der Waals surface area (Å²) in [7, 11) is 0. The Morgan fingerprint density at radius 3 is 1.39 bits per heavy atom.